The topological polar surface area (TPSA) is 194 Å². The third-order valence-corrected chi connectivity index (χ3v) is 10.8. The van der Waals surface area contributed by atoms with Crippen molar-refractivity contribution in [3.05, 3.63) is 64.7 Å². The number of carbonyl (C=O) groups excluding carboxylic acids is 5. The molecular weight excluding hydrogens is 785 g/mol. The predicted octanol–water partition coefficient (Wildman–Crippen LogP) is 6.34. The monoisotopic (exact) mass is 848 g/mol. The van der Waals surface area contributed by atoms with E-state index in [1.54, 1.807) is 56.7 Å². The van der Waals surface area contributed by atoms with Gasteiger partial charge in [-0.3, -0.25) is 14.7 Å². The van der Waals surface area contributed by atoms with E-state index in [1.165, 1.54) is 4.57 Å². The summed E-state index contributed by atoms with van der Waals surface area (Å²) < 4.78 is 18.1. The lowest BCUT2D eigenvalue weighted by atomic mass is 9.88. The quantitative estimate of drug-likeness (QED) is 0.227. The van der Waals surface area contributed by atoms with Gasteiger partial charge in [0.2, 0.25) is 5.91 Å². The number of ether oxygens (including phenoxy) is 3. The smallest absolute Gasteiger partial charge is 0.410 e. The molecule has 17 heteroatoms. The lowest BCUT2D eigenvalue weighted by molar-refractivity contribution is -0.138. The fourth-order valence-corrected chi connectivity index (χ4v) is 7.72. The Labute approximate surface area is 358 Å². The lowest BCUT2D eigenvalue weighted by Crippen LogP contribution is -2.60. The predicted molar refractivity (Wildman–Crippen MR) is 229 cm³/mol. The van der Waals surface area contributed by atoms with Gasteiger partial charge in [-0.15, -0.1) is 0 Å². The maximum atomic E-state index is 13.7. The van der Waals surface area contributed by atoms with Crippen LogP contribution in [0.3, 0.4) is 0 Å². The summed E-state index contributed by atoms with van der Waals surface area (Å²) in [4.78, 5) is 87.1. The summed E-state index contributed by atoms with van der Waals surface area (Å²) in [7, 11) is 0. The minimum Gasteiger partial charge on any atom is -0.445 e. The molecule has 1 aliphatic heterocycles. The Hall–Kier alpha value is -5.61. The number of rotatable bonds is 10. The molecule has 334 valence electrons. The zero-order chi connectivity index (χ0) is 44.5. The van der Waals surface area contributed by atoms with Crippen LogP contribution in [0.4, 0.5) is 25.0 Å². The van der Waals surface area contributed by atoms with Gasteiger partial charge in [-0.2, -0.15) is 4.98 Å². The SMILES string of the molecule is CC(C)(C)OC(=O)NC1CCC(N(CC2CC=C(n3ccc(NC(=O)N4CCN(C(=O)C(C)(C)NC(=O)OC(C)(C)C)CC4)nc3=O)CC2)C(=O)OCc2ccccc2)CC1. The van der Waals surface area contributed by atoms with Crippen molar-refractivity contribution in [2.75, 3.05) is 38.0 Å². The Kier molecular flexibility index (Phi) is 15.1. The number of alkyl carbamates (subject to hydrolysis) is 2. The molecule has 5 rings (SSSR count). The third-order valence-electron chi connectivity index (χ3n) is 10.8. The second-order valence-corrected chi connectivity index (χ2v) is 18.6. The number of piperazine rings is 1. The molecule has 6 amide bonds. The van der Waals surface area contributed by atoms with Gasteiger partial charge in [-0.25, -0.2) is 24.0 Å². The molecule has 0 radical (unpaired) electrons. The molecule has 1 aromatic heterocycles. The molecule has 3 N–H and O–H groups in total. The van der Waals surface area contributed by atoms with Crippen LogP contribution < -0.4 is 21.6 Å². The highest BCUT2D eigenvalue weighted by Crippen LogP contribution is 2.31. The highest BCUT2D eigenvalue weighted by atomic mass is 16.6. The number of nitrogens with zero attached hydrogens (tertiary/aromatic N) is 5. The van der Waals surface area contributed by atoms with Gasteiger partial charge in [-0.1, -0.05) is 36.4 Å². The minimum absolute atomic E-state index is 0.0388. The summed E-state index contributed by atoms with van der Waals surface area (Å²) in [5, 5.41) is 8.32. The first-order chi connectivity index (χ1) is 28.7. The molecule has 2 fully saturated rings. The summed E-state index contributed by atoms with van der Waals surface area (Å²) in [5.74, 6) is -0.0440. The van der Waals surface area contributed by atoms with Crippen LogP contribution in [0.25, 0.3) is 5.70 Å². The van der Waals surface area contributed by atoms with Crippen molar-refractivity contribution in [2.45, 2.75) is 136 Å². The van der Waals surface area contributed by atoms with Crippen LogP contribution in [0.2, 0.25) is 0 Å². The van der Waals surface area contributed by atoms with E-state index in [0.29, 0.717) is 45.1 Å². The van der Waals surface area contributed by atoms with Crippen molar-refractivity contribution < 1.29 is 38.2 Å². The second-order valence-electron chi connectivity index (χ2n) is 18.6. The van der Waals surface area contributed by atoms with Crippen molar-refractivity contribution >= 4 is 41.7 Å². The number of urea groups is 1. The number of anilines is 1. The van der Waals surface area contributed by atoms with E-state index in [4.69, 9.17) is 14.2 Å². The Morgan fingerprint density at radius 2 is 1.43 bits per heavy atom. The molecule has 1 aromatic carbocycles. The van der Waals surface area contributed by atoms with Gasteiger partial charge in [0.15, 0.2) is 0 Å². The zero-order valence-corrected chi connectivity index (χ0v) is 37.0. The van der Waals surface area contributed by atoms with Gasteiger partial charge < -0.3 is 39.5 Å². The number of amides is 6. The maximum absolute atomic E-state index is 13.7. The van der Waals surface area contributed by atoms with Crippen LogP contribution in [0, 0.1) is 5.92 Å². The summed E-state index contributed by atoms with van der Waals surface area (Å²) in [6, 6.07) is 10.6. The van der Waals surface area contributed by atoms with Gasteiger partial charge in [0.25, 0.3) is 0 Å². The van der Waals surface area contributed by atoms with Crippen LogP contribution in [0.1, 0.15) is 106 Å². The van der Waals surface area contributed by atoms with E-state index >= 15 is 0 Å². The Balaban J connectivity index is 1.13. The van der Waals surface area contributed by atoms with Crippen molar-refractivity contribution in [3.63, 3.8) is 0 Å². The number of allylic oxidation sites excluding steroid dienone is 2. The maximum Gasteiger partial charge on any atom is 0.410 e. The average molecular weight is 849 g/mol. The summed E-state index contributed by atoms with van der Waals surface area (Å²) in [6.45, 7) is 15.6. The summed E-state index contributed by atoms with van der Waals surface area (Å²) in [5.41, 5.74) is -1.34. The minimum atomic E-state index is -1.21. The van der Waals surface area contributed by atoms with Crippen LogP contribution >= 0.6 is 0 Å². The van der Waals surface area contributed by atoms with E-state index in [0.717, 1.165) is 17.7 Å². The number of nitrogens with one attached hydrogen (secondary N) is 3. The Bertz CT molecular complexity index is 1950. The van der Waals surface area contributed by atoms with E-state index in [-0.39, 0.29) is 68.6 Å². The number of aromatic nitrogens is 2. The number of hydrogen-bond acceptors (Lipinski definition) is 10. The van der Waals surface area contributed by atoms with E-state index < -0.39 is 40.6 Å². The molecule has 1 saturated carbocycles. The first-order valence-electron chi connectivity index (χ1n) is 21.3. The average Bonchev–Trinajstić information content (AvgIpc) is 3.18. The Morgan fingerprint density at radius 1 is 0.803 bits per heavy atom. The molecule has 61 heavy (non-hydrogen) atoms. The van der Waals surface area contributed by atoms with E-state index in [9.17, 15) is 28.8 Å². The highest BCUT2D eigenvalue weighted by molar-refractivity contribution is 5.90. The van der Waals surface area contributed by atoms with Gasteiger partial charge >= 0.3 is 30.0 Å². The van der Waals surface area contributed by atoms with E-state index in [2.05, 4.69) is 20.9 Å². The molecule has 1 unspecified atom stereocenters. The first kappa shape index (κ1) is 46.5. The lowest BCUT2D eigenvalue weighted by Gasteiger charge is -2.38. The van der Waals surface area contributed by atoms with Gasteiger partial charge in [-0.05, 0) is 118 Å². The zero-order valence-electron chi connectivity index (χ0n) is 37.0. The van der Waals surface area contributed by atoms with Crippen molar-refractivity contribution in [1.29, 1.82) is 0 Å². The molecule has 2 aromatic rings. The molecule has 1 atom stereocenters. The molecule has 17 nitrogen and oxygen atoms in total. The van der Waals surface area contributed by atoms with Gasteiger partial charge in [0.05, 0.1) is 0 Å². The highest BCUT2D eigenvalue weighted by Gasteiger charge is 2.37. The number of carbonyl (C=O) groups is 5. The third kappa shape index (κ3) is 14.0. The van der Waals surface area contributed by atoms with Crippen molar-refractivity contribution in [3.8, 4) is 0 Å². The van der Waals surface area contributed by atoms with E-state index in [1.807, 2.05) is 62.1 Å². The first-order valence-corrected chi connectivity index (χ1v) is 21.3. The molecule has 3 aliphatic rings. The molecular formula is C44H64N8O9. The molecule has 2 aliphatic carbocycles. The standard InChI is InChI=1S/C44H64N8O9/c1-42(2,3)60-39(56)45-32-16-20-34(21-17-32)52(41(58)59-29-31-12-10-9-11-13-31)28-30-14-18-33(19-15-30)51-23-22-35(47-38(51)55)46-37(54)50-26-24-49(25-27-50)36(53)44(7,8)48-40(57)61-43(4,5)6/h9-13,18,22-23,30,32,34H,14-17,19-21,24-29H2,1-8H3,(H,45,56)(H,48,57)(H,46,47,54,55). The number of benzene rings is 1. The van der Waals surface area contributed by atoms with Crippen LogP contribution in [-0.2, 0) is 25.6 Å². The van der Waals surface area contributed by atoms with Crippen molar-refractivity contribution in [1.82, 2.24) is 34.9 Å². The Morgan fingerprint density at radius 3 is 2.02 bits per heavy atom. The molecule has 2 heterocycles. The molecule has 1 saturated heterocycles. The normalized spacial score (nSPS) is 19.8. The van der Waals surface area contributed by atoms with Crippen LogP contribution in [0.15, 0.2) is 53.5 Å². The largest absolute Gasteiger partial charge is 0.445 e. The summed E-state index contributed by atoms with van der Waals surface area (Å²) in [6.07, 6.45) is 6.91. The fourth-order valence-electron chi connectivity index (χ4n) is 7.72. The number of hydrogen-bond donors (Lipinski definition) is 3. The van der Waals surface area contributed by atoms with Gasteiger partial charge in [0, 0.05) is 56.7 Å². The second kappa shape index (κ2) is 19.8. The summed E-state index contributed by atoms with van der Waals surface area (Å²) >= 11 is 0. The van der Waals surface area contributed by atoms with Gasteiger partial charge in [0.1, 0.15) is 29.2 Å². The molecule has 0 spiro atoms. The van der Waals surface area contributed by atoms with Crippen LogP contribution in [0.5, 0.6) is 0 Å². The van der Waals surface area contributed by atoms with Crippen molar-refractivity contribution in [2.24, 2.45) is 5.92 Å². The fraction of sp³-hybridized carbons (Fsp3) is 0.614. The van der Waals surface area contributed by atoms with Crippen LogP contribution in [-0.4, -0.2) is 116 Å². The molecule has 0 bridgehead atoms.